The van der Waals surface area contributed by atoms with Gasteiger partial charge in [-0.3, -0.25) is 4.79 Å². The van der Waals surface area contributed by atoms with Gasteiger partial charge in [0.2, 0.25) is 5.91 Å². The van der Waals surface area contributed by atoms with Crippen molar-refractivity contribution in [1.82, 2.24) is 0 Å². The molecule has 0 aromatic heterocycles. The molecule has 1 heterocycles. The van der Waals surface area contributed by atoms with Crippen molar-refractivity contribution >= 4 is 24.2 Å². The Balaban J connectivity index is 2.43. The Bertz CT molecular complexity index is 376. The number of thiol groups is 1. The van der Waals surface area contributed by atoms with Gasteiger partial charge < -0.3 is 4.90 Å². The number of nitrogens with zero attached hydrogens (tertiary/aromatic N) is 1. The van der Waals surface area contributed by atoms with Crippen LogP contribution in [0.25, 0.3) is 0 Å². The summed E-state index contributed by atoms with van der Waals surface area (Å²) < 4.78 is 0. The molecule has 0 N–H and O–H groups in total. The maximum Gasteiger partial charge on any atom is 0.227 e. The lowest BCUT2D eigenvalue weighted by atomic mass is 10.00. The molecular weight excluding hydrogens is 194 g/mol. The first-order valence-electron chi connectivity index (χ1n) is 4.71. The molecule has 0 unspecified atom stereocenters. The Morgan fingerprint density at radius 2 is 2.21 bits per heavy atom. The number of anilines is 1. The molecule has 0 atom stereocenters. The van der Waals surface area contributed by atoms with Gasteiger partial charge in [-0.1, -0.05) is 12.1 Å². The first kappa shape index (κ1) is 9.59. The highest BCUT2D eigenvalue weighted by Gasteiger charge is 2.20. The predicted molar refractivity (Wildman–Crippen MR) is 60.9 cm³/mol. The molecule has 0 bridgehead atoms. The second kappa shape index (κ2) is 3.65. The smallest absolute Gasteiger partial charge is 0.227 e. The molecule has 0 fully saturated rings. The number of amides is 1. The second-order valence-electron chi connectivity index (χ2n) is 3.57. The molecule has 74 valence electrons. The number of benzene rings is 1. The van der Waals surface area contributed by atoms with E-state index in [0.29, 0.717) is 6.42 Å². The van der Waals surface area contributed by atoms with Crippen molar-refractivity contribution in [3.8, 4) is 0 Å². The van der Waals surface area contributed by atoms with Crippen molar-refractivity contribution < 1.29 is 4.79 Å². The first-order chi connectivity index (χ1) is 6.72. The van der Waals surface area contributed by atoms with E-state index in [2.05, 4.69) is 18.7 Å². The van der Waals surface area contributed by atoms with Crippen molar-refractivity contribution in [3.63, 3.8) is 0 Å². The number of rotatable bonds is 1. The summed E-state index contributed by atoms with van der Waals surface area (Å²) in [6, 6.07) is 6.18. The molecule has 0 aliphatic carbocycles. The summed E-state index contributed by atoms with van der Waals surface area (Å²) >= 11 is 4.24. The van der Waals surface area contributed by atoms with E-state index >= 15 is 0 Å². The van der Waals surface area contributed by atoms with Crippen molar-refractivity contribution in [2.45, 2.75) is 18.6 Å². The molecule has 1 aromatic rings. The largest absolute Gasteiger partial charge is 0.315 e. The molecule has 0 saturated heterocycles. The third-order valence-corrected chi connectivity index (χ3v) is 3.04. The lowest BCUT2D eigenvalue weighted by Gasteiger charge is -2.26. The van der Waals surface area contributed by atoms with Crippen LogP contribution in [0.4, 0.5) is 5.69 Å². The number of carbonyl (C=O) groups is 1. The Morgan fingerprint density at radius 1 is 1.43 bits per heavy atom. The fraction of sp³-hybridized carbons (Fsp3) is 0.364. The molecule has 1 aliphatic heterocycles. The normalized spacial score (nSPS) is 15.6. The zero-order valence-electron chi connectivity index (χ0n) is 8.16. The third-order valence-electron chi connectivity index (χ3n) is 2.67. The number of fused-ring (bicyclic) bond motifs is 1. The highest BCUT2D eigenvalue weighted by atomic mass is 32.1. The van der Waals surface area contributed by atoms with Gasteiger partial charge in [0.15, 0.2) is 0 Å². The first-order valence-corrected chi connectivity index (χ1v) is 5.35. The van der Waals surface area contributed by atoms with Crippen LogP contribution in [0, 0.1) is 0 Å². The predicted octanol–water partition coefficient (Wildman–Crippen LogP) is 2.03. The van der Waals surface area contributed by atoms with E-state index in [0.717, 1.165) is 17.9 Å². The summed E-state index contributed by atoms with van der Waals surface area (Å²) in [5.41, 5.74) is 3.53. The molecular formula is C11H13NOS. The lowest BCUT2D eigenvalue weighted by molar-refractivity contribution is -0.118. The minimum Gasteiger partial charge on any atom is -0.315 e. The van der Waals surface area contributed by atoms with Crippen LogP contribution in [0.2, 0.25) is 0 Å². The molecule has 2 rings (SSSR count). The van der Waals surface area contributed by atoms with Crippen molar-refractivity contribution in [3.05, 3.63) is 29.3 Å². The van der Waals surface area contributed by atoms with Gasteiger partial charge in [-0.15, -0.1) is 0 Å². The second-order valence-corrected chi connectivity index (χ2v) is 3.89. The number of aryl methyl sites for hydroxylation is 1. The average Bonchev–Trinajstić information content (AvgIpc) is 2.23. The van der Waals surface area contributed by atoms with Crippen LogP contribution in [0.5, 0.6) is 0 Å². The summed E-state index contributed by atoms with van der Waals surface area (Å²) in [6.45, 7) is 0. The van der Waals surface area contributed by atoms with Crippen LogP contribution in [0.1, 0.15) is 17.5 Å². The number of hydrogen-bond acceptors (Lipinski definition) is 2. The van der Waals surface area contributed by atoms with Gasteiger partial charge in [0.05, 0.1) is 0 Å². The highest BCUT2D eigenvalue weighted by Crippen LogP contribution is 2.27. The molecule has 2 nitrogen and oxygen atoms in total. The monoisotopic (exact) mass is 207 g/mol. The van der Waals surface area contributed by atoms with Gasteiger partial charge in [0.25, 0.3) is 0 Å². The van der Waals surface area contributed by atoms with Crippen molar-refractivity contribution in [2.75, 3.05) is 11.9 Å². The van der Waals surface area contributed by atoms with Crippen LogP contribution in [0.15, 0.2) is 18.2 Å². The van der Waals surface area contributed by atoms with E-state index in [1.54, 1.807) is 4.90 Å². The zero-order valence-corrected chi connectivity index (χ0v) is 9.05. The minimum absolute atomic E-state index is 0.205. The molecule has 0 radical (unpaired) electrons. The van der Waals surface area contributed by atoms with Crippen LogP contribution >= 0.6 is 12.6 Å². The molecule has 0 spiro atoms. The van der Waals surface area contributed by atoms with Crippen LogP contribution in [-0.2, 0) is 17.0 Å². The lowest BCUT2D eigenvalue weighted by Crippen LogP contribution is -2.31. The summed E-state index contributed by atoms with van der Waals surface area (Å²) in [7, 11) is 1.83. The Kier molecular flexibility index (Phi) is 2.50. The van der Waals surface area contributed by atoms with E-state index in [-0.39, 0.29) is 5.91 Å². The van der Waals surface area contributed by atoms with Gasteiger partial charge in [0, 0.05) is 24.9 Å². The van der Waals surface area contributed by atoms with E-state index in [4.69, 9.17) is 0 Å². The highest BCUT2D eigenvalue weighted by molar-refractivity contribution is 7.79. The Morgan fingerprint density at radius 3 is 2.93 bits per heavy atom. The summed E-state index contributed by atoms with van der Waals surface area (Å²) in [5, 5.41) is 0. The summed E-state index contributed by atoms with van der Waals surface area (Å²) in [6.07, 6.45) is 1.49. The molecule has 1 amide bonds. The maximum atomic E-state index is 11.4. The SMILES string of the molecule is CN1C(=O)CCc2cc(CS)ccc21. The summed E-state index contributed by atoms with van der Waals surface area (Å²) in [4.78, 5) is 13.2. The van der Waals surface area contributed by atoms with E-state index in [1.807, 2.05) is 19.2 Å². The minimum atomic E-state index is 0.205. The molecule has 3 heteroatoms. The standard InChI is InChI=1S/C11H13NOS/c1-12-10-4-2-8(7-14)6-9(10)3-5-11(12)13/h2,4,6,14H,3,5,7H2,1H3. The fourth-order valence-corrected chi connectivity index (χ4v) is 2.01. The van der Waals surface area contributed by atoms with E-state index < -0.39 is 0 Å². The van der Waals surface area contributed by atoms with Gasteiger partial charge in [-0.2, -0.15) is 12.6 Å². The Hall–Kier alpha value is -0.960. The van der Waals surface area contributed by atoms with E-state index in [9.17, 15) is 4.79 Å². The van der Waals surface area contributed by atoms with Gasteiger partial charge in [-0.05, 0) is 23.6 Å². The number of hydrogen-bond donors (Lipinski definition) is 1. The average molecular weight is 207 g/mol. The topological polar surface area (TPSA) is 20.3 Å². The summed E-state index contributed by atoms with van der Waals surface area (Å²) in [5.74, 6) is 0.960. The van der Waals surface area contributed by atoms with Gasteiger partial charge in [0.1, 0.15) is 0 Å². The fourth-order valence-electron chi connectivity index (χ4n) is 1.81. The number of carbonyl (C=O) groups excluding carboxylic acids is 1. The van der Waals surface area contributed by atoms with Gasteiger partial charge >= 0.3 is 0 Å². The van der Waals surface area contributed by atoms with E-state index in [1.165, 1.54) is 11.1 Å². The maximum absolute atomic E-state index is 11.4. The van der Waals surface area contributed by atoms with Crippen molar-refractivity contribution in [2.24, 2.45) is 0 Å². The molecule has 1 aliphatic rings. The van der Waals surface area contributed by atoms with Gasteiger partial charge in [-0.25, -0.2) is 0 Å². The van der Waals surface area contributed by atoms with Crippen LogP contribution in [0.3, 0.4) is 0 Å². The quantitative estimate of drug-likeness (QED) is 0.699. The van der Waals surface area contributed by atoms with Crippen molar-refractivity contribution in [1.29, 1.82) is 0 Å². The van der Waals surface area contributed by atoms with Crippen LogP contribution < -0.4 is 4.90 Å². The Labute approximate surface area is 89.3 Å². The molecule has 0 saturated carbocycles. The van der Waals surface area contributed by atoms with Crippen LogP contribution in [-0.4, -0.2) is 13.0 Å². The molecule has 14 heavy (non-hydrogen) atoms. The molecule has 1 aromatic carbocycles. The zero-order chi connectivity index (χ0) is 10.1. The third kappa shape index (κ3) is 1.52.